The molecule has 0 saturated heterocycles. The van der Waals surface area contributed by atoms with Crippen LogP contribution in [0.2, 0.25) is 0 Å². The summed E-state index contributed by atoms with van der Waals surface area (Å²) >= 11 is 1.58. The molecule has 3 heterocycles. The number of benzene rings is 2. The second-order valence-electron chi connectivity index (χ2n) is 12.7. The number of thiophene rings is 1. The van der Waals surface area contributed by atoms with Crippen molar-refractivity contribution in [2.75, 3.05) is 18.7 Å². The molecule has 51 heavy (non-hydrogen) atoms. The highest BCUT2D eigenvalue weighted by Crippen LogP contribution is 2.39. The SMILES string of the molecule is CC(C)OC(=O)[C@H](Cc1ccccc1)NP(=O)(COCCn1cc(-c2cccs2)c2c(N)ncnc21)N[C@@H](Cc1ccccc1)C(=O)OC(C)C. The molecule has 0 aliphatic rings. The van der Waals surface area contributed by atoms with E-state index in [2.05, 4.69) is 20.1 Å². The van der Waals surface area contributed by atoms with Gasteiger partial charge in [-0.1, -0.05) is 66.7 Å². The van der Waals surface area contributed by atoms with Crippen molar-refractivity contribution in [2.45, 2.75) is 71.4 Å². The van der Waals surface area contributed by atoms with Crippen LogP contribution in [-0.4, -0.2) is 63.7 Å². The van der Waals surface area contributed by atoms with Crippen molar-refractivity contribution >= 4 is 47.6 Å². The third kappa shape index (κ3) is 10.6. The predicted octanol–water partition coefficient (Wildman–Crippen LogP) is 6.21. The fraction of sp³-hybridized carbons (Fsp3) is 0.351. The minimum atomic E-state index is -3.89. The Morgan fingerprint density at radius 1 is 0.843 bits per heavy atom. The summed E-state index contributed by atoms with van der Waals surface area (Å²) in [6.45, 7) is 7.49. The van der Waals surface area contributed by atoms with Crippen LogP contribution in [0.15, 0.2) is 90.7 Å². The molecule has 270 valence electrons. The molecule has 2 aromatic carbocycles. The van der Waals surface area contributed by atoms with E-state index >= 15 is 4.57 Å². The topological polar surface area (TPSA) is 160 Å². The molecular weight excluding hydrogens is 687 g/mol. The molecule has 0 aliphatic carbocycles. The summed E-state index contributed by atoms with van der Waals surface area (Å²) in [6, 6.07) is 20.7. The summed E-state index contributed by atoms with van der Waals surface area (Å²) in [4.78, 5) is 36.6. The second kappa shape index (κ2) is 17.7. The average Bonchev–Trinajstić information content (AvgIpc) is 3.76. The molecule has 14 heteroatoms. The Kier molecular flexibility index (Phi) is 13.1. The van der Waals surface area contributed by atoms with Crippen LogP contribution in [-0.2, 0) is 47.8 Å². The molecule has 5 rings (SSSR count). The Morgan fingerprint density at radius 3 is 1.92 bits per heavy atom. The highest BCUT2D eigenvalue weighted by molar-refractivity contribution is 7.59. The van der Waals surface area contributed by atoms with Gasteiger partial charge in [0.05, 0.1) is 24.2 Å². The van der Waals surface area contributed by atoms with Crippen molar-refractivity contribution < 1.29 is 28.4 Å². The van der Waals surface area contributed by atoms with Gasteiger partial charge >= 0.3 is 11.9 Å². The van der Waals surface area contributed by atoms with Crippen LogP contribution in [0.25, 0.3) is 21.5 Å². The lowest BCUT2D eigenvalue weighted by atomic mass is 10.1. The van der Waals surface area contributed by atoms with Crippen LogP contribution in [0.3, 0.4) is 0 Å². The molecule has 3 aromatic heterocycles. The van der Waals surface area contributed by atoms with Crippen molar-refractivity contribution in [2.24, 2.45) is 0 Å². The summed E-state index contributed by atoms with van der Waals surface area (Å²) in [6.07, 6.45) is 2.61. The summed E-state index contributed by atoms with van der Waals surface area (Å²) in [5.41, 5.74) is 9.51. The van der Waals surface area contributed by atoms with Crippen molar-refractivity contribution in [3.8, 4) is 10.4 Å². The van der Waals surface area contributed by atoms with Gasteiger partial charge in [0, 0.05) is 23.2 Å². The van der Waals surface area contributed by atoms with Gasteiger partial charge in [0.2, 0.25) is 7.44 Å². The van der Waals surface area contributed by atoms with Gasteiger partial charge < -0.3 is 24.5 Å². The number of aromatic nitrogens is 3. The number of hydrogen-bond donors (Lipinski definition) is 3. The minimum absolute atomic E-state index is 0.129. The first-order chi connectivity index (χ1) is 24.5. The molecule has 2 atom stereocenters. The van der Waals surface area contributed by atoms with Gasteiger partial charge in [-0.25, -0.2) is 20.1 Å². The third-order valence-corrected chi connectivity index (χ3v) is 10.7. The van der Waals surface area contributed by atoms with E-state index in [9.17, 15) is 9.59 Å². The van der Waals surface area contributed by atoms with Gasteiger partial charge in [0.25, 0.3) is 0 Å². The zero-order valence-electron chi connectivity index (χ0n) is 29.2. The molecule has 0 fully saturated rings. The Labute approximate surface area is 302 Å². The molecule has 0 unspecified atom stereocenters. The lowest BCUT2D eigenvalue weighted by Crippen LogP contribution is -2.47. The van der Waals surface area contributed by atoms with Gasteiger partial charge in [0.1, 0.15) is 36.2 Å². The Hall–Kier alpha value is -4.39. The van der Waals surface area contributed by atoms with E-state index < -0.39 is 43.7 Å². The van der Waals surface area contributed by atoms with Crippen LogP contribution < -0.4 is 15.9 Å². The standard InChI is InChI=1S/C37H45N6O6PS/c1-25(2)48-36(44)30(20-27-12-7-5-8-13-27)41-50(46,42-31(37(45)49-26(3)4)21-28-14-9-6-10-15-28)24-47-18-17-43-22-29(32-16-11-19-51-32)33-34(38)39-23-40-35(33)43/h5-16,19,22-23,25-26,30-31H,17-18,20-21,24H2,1-4H3,(H2,38,39,40)(H2,41,42,46)/t30-,31-/m0/s1. The summed E-state index contributed by atoms with van der Waals surface area (Å²) in [5, 5.41) is 8.86. The quantitative estimate of drug-likeness (QED) is 0.0534. The number of carbonyl (C=O) groups is 2. The number of hydrogen-bond acceptors (Lipinski definition) is 10. The van der Waals surface area contributed by atoms with E-state index in [1.54, 1.807) is 39.0 Å². The van der Waals surface area contributed by atoms with Crippen LogP contribution in [0.1, 0.15) is 38.8 Å². The second-order valence-corrected chi connectivity index (χ2v) is 15.9. The van der Waals surface area contributed by atoms with Gasteiger partial charge in [0.15, 0.2) is 0 Å². The van der Waals surface area contributed by atoms with E-state index in [-0.39, 0.29) is 25.8 Å². The van der Waals surface area contributed by atoms with Crippen LogP contribution >= 0.6 is 18.8 Å². The van der Waals surface area contributed by atoms with E-state index in [0.717, 1.165) is 27.0 Å². The van der Waals surface area contributed by atoms with E-state index in [1.807, 2.05) is 88.9 Å². The predicted molar refractivity (Wildman–Crippen MR) is 200 cm³/mol. The number of rotatable bonds is 18. The number of nitrogens with zero attached hydrogens (tertiary/aromatic N) is 3. The van der Waals surface area contributed by atoms with Crippen molar-refractivity contribution in [3.63, 3.8) is 0 Å². The summed E-state index contributed by atoms with van der Waals surface area (Å²) < 4.78 is 34.2. The van der Waals surface area contributed by atoms with E-state index in [4.69, 9.17) is 19.9 Å². The zero-order valence-corrected chi connectivity index (χ0v) is 30.9. The molecule has 0 bridgehead atoms. The molecule has 0 spiro atoms. The lowest BCUT2D eigenvalue weighted by Gasteiger charge is -2.29. The number of nitrogens with two attached hydrogens (primary N) is 1. The van der Waals surface area contributed by atoms with Gasteiger partial charge in [-0.05, 0) is 63.1 Å². The molecule has 0 amide bonds. The fourth-order valence-corrected chi connectivity index (χ4v) is 8.35. The number of ether oxygens (including phenoxy) is 3. The summed E-state index contributed by atoms with van der Waals surface area (Å²) in [5.74, 6) is -0.772. The first-order valence-electron chi connectivity index (χ1n) is 16.9. The maximum absolute atomic E-state index is 15.0. The molecule has 12 nitrogen and oxygen atoms in total. The number of nitrogen functional groups attached to an aromatic ring is 1. The zero-order chi connectivity index (χ0) is 36.4. The number of esters is 2. The molecule has 0 radical (unpaired) electrons. The highest BCUT2D eigenvalue weighted by Gasteiger charge is 2.36. The minimum Gasteiger partial charge on any atom is -0.462 e. The average molecular weight is 733 g/mol. The molecular formula is C37H45N6O6PS. The molecule has 5 aromatic rings. The maximum Gasteiger partial charge on any atom is 0.324 e. The molecule has 0 aliphatic heterocycles. The van der Waals surface area contributed by atoms with Gasteiger partial charge in [-0.3, -0.25) is 14.2 Å². The maximum atomic E-state index is 15.0. The monoisotopic (exact) mass is 732 g/mol. The van der Waals surface area contributed by atoms with Gasteiger partial charge in [-0.15, -0.1) is 11.3 Å². The fourth-order valence-electron chi connectivity index (χ4n) is 5.60. The van der Waals surface area contributed by atoms with Crippen molar-refractivity contribution in [3.05, 3.63) is 102 Å². The van der Waals surface area contributed by atoms with Gasteiger partial charge in [-0.2, -0.15) is 0 Å². The normalized spacial score (nSPS) is 13.1. The number of carbonyl (C=O) groups excluding carboxylic acids is 2. The highest BCUT2D eigenvalue weighted by atomic mass is 32.1. The largest absolute Gasteiger partial charge is 0.462 e. The van der Waals surface area contributed by atoms with Crippen LogP contribution in [0.4, 0.5) is 5.82 Å². The smallest absolute Gasteiger partial charge is 0.324 e. The number of fused-ring (bicyclic) bond motifs is 1. The van der Waals surface area contributed by atoms with Crippen LogP contribution in [0.5, 0.6) is 0 Å². The Bertz CT molecular complexity index is 1850. The van der Waals surface area contributed by atoms with E-state index in [0.29, 0.717) is 18.0 Å². The molecule has 4 N–H and O–H groups in total. The first-order valence-corrected chi connectivity index (χ1v) is 19.6. The number of anilines is 1. The van der Waals surface area contributed by atoms with Crippen molar-refractivity contribution in [1.82, 2.24) is 24.7 Å². The third-order valence-electron chi connectivity index (χ3n) is 7.79. The van der Waals surface area contributed by atoms with E-state index in [1.165, 1.54) is 6.33 Å². The first kappa shape index (κ1) is 37.9. The Morgan fingerprint density at radius 2 is 1.41 bits per heavy atom. The van der Waals surface area contributed by atoms with Crippen molar-refractivity contribution in [1.29, 1.82) is 0 Å². The molecule has 0 saturated carbocycles. The van der Waals surface area contributed by atoms with Crippen LogP contribution in [0, 0.1) is 0 Å². The number of nitrogens with one attached hydrogen (secondary N) is 2. The lowest BCUT2D eigenvalue weighted by molar-refractivity contribution is -0.150. The Balaban J connectivity index is 1.42. The summed E-state index contributed by atoms with van der Waals surface area (Å²) in [7, 11) is -3.89.